The molecule has 3 aromatic rings. The Hall–Kier alpha value is -3.77. The van der Waals surface area contributed by atoms with Gasteiger partial charge in [-0.2, -0.15) is 10.5 Å². The standard InChI is InChI=1S/C18H10FN5/c19-13-3-1-2-11(6-13)15-7-17(24-18(22)16(15)9-21)14-4-5-23-10-12(14)8-20/h1-7,10H,(H2,22,24). The third-order valence-electron chi connectivity index (χ3n) is 3.51. The summed E-state index contributed by atoms with van der Waals surface area (Å²) >= 11 is 0. The summed E-state index contributed by atoms with van der Waals surface area (Å²) in [5.41, 5.74) is 8.34. The predicted molar refractivity (Wildman–Crippen MR) is 86.7 cm³/mol. The molecule has 0 bridgehead atoms. The predicted octanol–water partition coefficient (Wildman–Crippen LogP) is 3.28. The van der Waals surface area contributed by atoms with Crippen LogP contribution in [0.3, 0.4) is 0 Å². The zero-order valence-corrected chi connectivity index (χ0v) is 12.4. The molecule has 6 heteroatoms. The van der Waals surface area contributed by atoms with Gasteiger partial charge in [-0.05, 0) is 29.8 Å². The Labute approximate surface area is 137 Å². The van der Waals surface area contributed by atoms with E-state index in [1.165, 1.54) is 24.5 Å². The van der Waals surface area contributed by atoms with Crippen molar-refractivity contribution in [3.63, 3.8) is 0 Å². The van der Waals surface area contributed by atoms with E-state index in [9.17, 15) is 14.9 Å². The van der Waals surface area contributed by atoms with Crippen LogP contribution in [-0.4, -0.2) is 9.97 Å². The Bertz CT molecular complexity index is 1010. The quantitative estimate of drug-likeness (QED) is 0.782. The SMILES string of the molecule is N#Cc1cnccc1-c1cc(-c2cccc(F)c2)c(C#N)c(N)n1. The second-order valence-corrected chi connectivity index (χ2v) is 4.97. The van der Waals surface area contributed by atoms with Crippen LogP contribution in [0.1, 0.15) is 11.1 Å². The molecule has 0 aliphatic carbocycles. The first kappa shape index (κ1) is 15.1. The number of halogens is 1. The maximum Gasteiger partial charge on any atom is 0.142 e. The van der Waals surface area contributed by atoms with E-state index in [-0.39, 0.29) is 11.4 Å². The summed E-state index contributed by atoms with van der Waals surface area (Å²) in [5, 5.41) is 18.6. The first-order valence-corrected chi connectivity index (χ1v) is 6.95. The van der Waals surface area contributed by atoms with Crippen molar-refractivity contribution < 1.29 is 4.39 Å². The fourth-order valence-electron chi connectivity index (χ4n) is 2.41. The molecule has 0 radical (unpaired) electrons. The van der Waals surface area contributed by atoms with Gasteiger partial charge in [0.15, 0.2) is 0 Å². The highest BCUT2D eigenvalue weighted by Gasteiger charge is 2.15. The number of benzene rings is 1. The van der Waals surface area contributed by atoms with E-state index in [1.807, 2.05) is 12.1 Å². The van der Waals surface area contributed by atoms with Crippen molar-refractivity contribution in [3.05, 3.63) is 65.7 Å². The summed E-state index contributed by atoms with van der Waals surface area (Å²) < 4.78 is 13.6. The van der Waals surface area contributed by atoms with Gasteiger partial charge in [0.25, 0.3) is 0 Å². The normalized spacial score (nSPS) is 9.96. The van der Waals surface area contributed by atoms with E-state index in [0.717, 1.165) is 0 Å². The maximum atomic E-state index is 13.6. The third-order valence-corrected chi connectivity index (χ3v) is 3.51. The second kappa shape index (κ2) is 6.15. The number of anilines is 1. The van der Waals surface area contributed by atoms with Crippen LogP contribution >= 0.6 is 0 Å². The Morgan fingerprint density at radius 3 is 2.58 bits per heavy atom. The van der Waals surface area contributed by atoms with Crippen LogP contribution in [0, 0.1) is 28.5 Å². The maximum absolute atomic E-state index is 13.6. The van der Waals surface area contributed by atoms with Crippen molar-refractivity contribution in [2.75, 3.05) is 5.73 Å². The molecule has 2 heterocycles. The lowest BCUT2D eigenvalue weighted by Gasteiger charge is -2.11. The van der Waals surface area contributed by atoms with Crippen LogP contribution in [0.25, 0.3) is 22.4 Å². The zero-order valence-electron chi connectivity index (χ0n) is 12.4. The number of nitrogens with two attached hydrogens (primary N) is 1. The van der Waals surface area contributed by atoms with Gasteiger partial charge in [0.05, 0.1) is 11.3 Å². The number of nitriles is 2. The molecule has 0 amide bonds. The largest absolute Gasteiger partial charge is 0.383 e. The highest BCUT2D eigenvalue weighted by atomic mass is 19.1. The molecule has 0 fully saturated rings. The highest BCUT2D eigenvalue weighted by molar-refractivity contribution is 5.81. The minimum absolute atomic E-state index is 0.0231. The second-order valence-electron chi connectivity index (χ2n) is 4.97. The number of aromatic nitrogens is 2. The lowest BCUT2D eigenvalue weighted by atomic mass is 9.97. The van der Waals surface area contributed by atoms with Gasteiger partial charge in [0.2, 0.25) is 0 Å². The number of hydrogen-bond acceptors (Lipinski definition) is 5. The smallest absolute Gasteiger partial charge is 0.142 e. The Kier molecular flexibility index (Phi) is 3.88. The van der Waals surface area contributed by atoms with E-state index >= 15 is 0 Å². The Balaban J connectivity index is 2.29. The third kappa shape index (κ3) is 2.65. The molecule has 3 rings (SSSR count). The highest BCUT2D eigenvalue weighted by Crippen LogP contribution is 2.32. The lowest BCUT2D eigenvalue weighted by Crippen LogP contribution is -2.00. The summed E-state index contributed by atoms with van der Waals surface area (Å²) in [5.74, 6) is -0.398. The first-order valence-electron chi connectivity index (χ1n) is 6.95. The number of rotatable bonds is 2. The molecular weight excluding hydrogens is 305 g/mol. The van der Waals surface area contributed by atoms with E-state index in [0.29, 0.717) is 27.9 Å². The molecule has 114 valence electrons. The van der Waals surface area contributed by atoms with Crippen LogP contribution < -0.4 is 5.73 Å². The summed E-state index contributed by atoms with van der Waals surface area (Å²) in [7, 11) is 0. The first-order chi connectivity index (χ1) is 11.6. The molecule has 2 aromatic heterocycles. The lowest BCUT2D eigenvalue weighted by molar-refractivity contribution is 0.628. The molecule has 0 unspecified atom stereocenters. The number of pyridine rings is 2. The molecule has 0 spiro atoms. The van der Waals surface area contributed by atoms with Gasteiger partial charge in [-0.15, -0.1) is 0 Å². The van der Waals surface area contributed by atoms with Crippen LogP contribution in [-0.2, 0) is 0 Å². The molecule has 0 saturated carbocycles. The fraction of sp³-hybridized carbons (Fsp3) is 0. The molecule has 0 aliphatic heterocycles. The van der Waals surface area contributed by atoms with Crippen molar-refractivity contribution in [2.45, 2.75) is 0 Å². The van der Waals surface area contributed by atoms with Crippen LogP contribution in [0.5, 0.6) is 0 Å². The molecule has 2 N–H and O–H groups in total. The van der Waals surface area contributed by atoms with Gasteiger partial charge in [0.1, 0.15) is 29.3 Å². The van der Waals surface area contributed by atoms with E-state index in [4.69, 9.17) is 5.73 Å². The van der Waals surface area contributed by atoms with E-state index in [2.05, 4.69) is 9.97 Å². The molecule has 5 nitrogen and oxygen atoms in total. The average Bonchev–Trinajstić information content (AvgIpc) is 2.61. The molecular formula is C18H10FN5. The van der Waals surface area contributed by atoms with E-state index in [1.54, 1.807) is 24.3 Å². The van der Waals surface area contributed by atoms with Gasteiger partial charge in [-0.25, -0.2) is 9.37 Å². The van der Waals surface area contributed by atoms with Gasteiger partial charge in [0, 0.05) is 23.5 Å². The van der Waals surface area contributed by atoms with Crippen LogP contribution in [0.15, 0.2) is 48.8 Å². The summed E-state index contributed by atoms with van der Waals surface area (Å²) in [6, 6.07) is 13.2. The van der Waals surface area contributed by atoms with Crippen molar-refractivity contribution in [1.29, 1.82) is 10.5 Å². The monoisotopic (exact) mass is 315 g/mol. The fourth-order valence-corrected chi connectivity index (χ4v) is 2.41. The number of hydrogen-bond donors (Lipinski definition) is 1. The van der Waals surface area contributed by atoms with Crippen molar-refractivity contribution >= 4 is 5.82 Å². The van der Waals surface area contributed by atoms with E-state index < -0.39 is 5.82 Å². The van der Waals surface area contributed by atoms with Gasteiger partial charge < -0.3 is 5.73 Å². The summed E-state index contributed by atoms with van der Waals surface area (Å²) in [6.45, 7) is 0. The number of nitrogen functional groups attached to an aromatic ring is 1. The topological polar surface area (TPSA) is 99.4 Å². The summed E-state index contributed by atoms with van der Waals surface area (Å²) in [4.78, 5) is 8.12. The van der Waals surface area contributed by atoms with Gasteiger partial charge in [-0.1, -0.05) is 12.1 Å². The summed E-state index contributed by atoms with van der Waals surface area (Å²) in [6.07, 6.45) is 2.96. The average molecular weight is 315 g/mol. The van der Waals surface area contributed by atoms with Gasteiger partial charge >= 0.3 is 0 Å². The molecule has 24 heavy (non-hydrogen) atoms. The van der Waals surface area contributed by atoms with Crippen molar-refractivity contribution in [1.82, 2.24) is 9.97 Å². The molecule has 1 aromatic carbocycles. The minimum Gasteiger partial charge on any atom is -0.383 e. The van der Waals surface area contributed by atoms with Crippen molar-refractivity contribution in [2.24, 2.45) is 0 Å². The Morgan fingerprint density at radius 1 is 1.04 bits per heavy atom. The van der Waals surface area contributed by atoms with Gasteiger partial charge in [-0.3, -0.25) is 4.98 Å². The molecule has 0 saturated heterocycles. The molecule has 0 atom stereocenters. The van der Waals surface area contributed by atoms with Crippen LogP contribution in [0.4, 0.5) is 10.2 Å². The number of nitrogens with zero attached hydrogens (tertiary/aromatic N) is 4. The Morgan fingerprint density at radius 2 is 1.88 bits per heavy atom. The zero-order chi connectivity index (χ0) is 17.1. The van der Waals surface area contributed by atoms with Crippen LogP contribution in [0.2, 0.25) is 0 Å². The minimum atomic E-state index is -0.421. The molecule has 0 aliphatic rings. The van der Waals surface area contributed by atoms with Crippen molar-refractivity contribution in [3.8, 4) is 34.5 Å².